The van der Waals surface area contributed by atoms with Gasteiger partial charge in [-0.25, -0.2) is 9.18 Å². The molecule has 1 fully saturated rings. The Morgan fingerprint density at radius 2 is 2.06 bits per heavy atom. The second-order valence-electron chi connectivity index (χ2n) is 4.10. The fourth-order valence-corrected chi connectivity index (χ4v) is 2.20. The van der Waals surface area contributed by atoms with Gasteiger partial charge in [-0.05, 0) is 18.2 Å². The predicted octanol–water partition coefficient (Wildman–Crippen LogP) is 0.170. The number of rotatable bonds is 0. The zero-order valence-electron chi connectivity index (χ0n) is 8.95. The van der Waals surface area contributed by atoms with E-state index in [9.17, 15) is 18.8 Å². The number of hydrogen-bond donors (Lipinski definition) is 2. The van der Waals surface area contributed by atoms with Gasteiger partial charge in [-0.2, -0.15) is 0 Å². The monoisotopic (exact) mass is 250 g/mol. The summed E-state index contributed by atoms with van der Waals surface area (Å²) in [6.45, 7) is 0. The molecule has 3 rings (SSSR count). The van der Waals surface area contributed by atoms with Gasteiger partial charge in [0.2, 0.25) is 0 Å². The van der Waals surface area contributed by atoms with Crippen LogP contribution in [0.25, 0.3) is 0 Å². The first kappa shape index (κ1) is 10.7. The zero-order valence-corrected chi connectivity index (χ0v) is 8.95. The predicted molar refractivity (Wildman–Crippen MR) is 55.0 cm³/mol. The summed E-state index contributed by atoms with van der Waals surface area (Å²) in [6, 6.07) is 2.72. The van der Waals surface area contributed by atoms with Crippen molar-refractivity contribution in [3.8, 4) is 5.75 Å². The molecule has 0 aromatic heterocycles. The second-order valence-corrected chi connectivity index (χ2v) is 4.10. The topological polar surface area (TPSA) is 84.5 Å². The number of fused-ring (bicyclic) bond motifs is 2. The van der Waals surface area contributed by atoms with E-state index < -0.39 is 29.3 Å². The van der Waals surface area contributed by atoms with Gasteiger partial charge in [0.1, 0.15) is 11.6 Å². The third-order valence-electron chi connectivity index (χ3n) is 2.98. The Bertz CT molecular complexity index is 601. The highest BCUT2D eigenvalue weighted by Gasteiger charge is 2.53. The van der Waals surface area contributed by atoms with Gasteiger partial charge in [-0.3, -0.25) is 14.9 Å². The van der Waals surface area contributed by atoms with E-state index in [2.05, 4.69) is 5.32 Å². The van der Waals surface area contributed by atoms with Gasteiger partial charge in [0.05, 0.1) is 6.42 Å². The molecule has 0 saturated carbocycles. The van der Waals surface area contributed by atoms with Crippen molar-refractivity contribution in [1.82, 2.24) is 10.6 Å². The van der Waals surface area contributed by atoms with Gasteiger partial charge in [-0.15, -0.1) is 0 Å². The van der Waals surface area contributed by atoms with Crippen LogP contribution < -0.4 is 15.4 Å². The van der Waals surface area contributed by atoms with Gasteiger partial charge >= 0.3 is 12.0 Å². The number of carbonyl (C=O) groups excluding carboxylic acids is 3. The minimum atomic E-state index is -1.57. The molecule has 3 amide bonds. The van der Waals surface area contributed by atoms with E-state index in [0.717, 1.165) is 12.1 Å². The molecular weight excluding hydrogens is 243 g/mol. The molecule has 6 nitrogen and oxygen atoms in total. The molecule has 1 saturated heterocycles. The van der Waals surface area contributed by atoms with E-state index in [0.29, 0.717) is 0 Å². The van der Waals surface area contributed by atoms with E-state index >= 15 is 0 Å². The number of carbonyl (C=O) groups is 3. The standard InChI is InChI=1S/C11H7FN2O4/c12-5-1-2-7-6(3-5)11(4-8(15)18-7)9(16)13-10(17)14-11/h1-3H,4H2,(H2,13,14,16,17). The van der Waals surface area contributed by atoms with Crippen LogP contribution in [0.5, 0.6) is 5.75 Å². The maximum absolute atomic E-state index is 13.3. The van der Waals surface area contributed by atoms with E-state index in [-0.39, 0.29) is 17.7 Å². The van der Waals surface area contributed by atoms with Crippen LogP contribution in [0.2, 0.25) is 0 Å². The number of benzene rings is 1. The molecule has 2 heterocycles. The minimum absolute atomic E-state index is 0.0741. The Labute approximate surface area is 100 Å². The summed E-state index contributed by atoms with van der Waals surface area (Å²) in [5.41, 5.74) is -1.42. The number of amides is 3. The van der Waals surface area contributed by atoms with Crippen molar-refractivity contribution in [2.75, 3.05) is 0 Å². The first-order valence-corrected chi connectivity index (χ1v) is 5.15. The number of ether oxygens (including phenoxy) is 1. The van der Waals surface area contributed by atoms with Crippen molar-refractivity contribution >= 4 is 17.9 Å². The van der Waals surface area contributed by atoms with Crippen molar-refractivity contribution in [3.05, 3.63) is 29.6 Å². The summed E-state index contributed by atoms with van der Waals surface area (Å²) in [5, 5.41) is 4.40. The molecule has 92 valence electrons. The lowest BCUT2D eigenvalue weighted by molar-refractivity contribution is -0.141. The Balaban J connectivity index is 2.23. The smallest absolute Gasteiger partial charge is 0.322 e. The van der Waals surface area contributed by atoms with Crippen molar-refractivity contribution in [1.29, 1.82) is 0 Å². The molecule has 0 radical (unpaired) electrons. The largest absolute Gasteiger partial charge is 0.426 e. The Hall–Kier alpha value is -2.44. The van der Waals surface area contributed by atoms with Gasteiger partial charge in [-0.1, -0.05) is 0 Å². The Morgan fingerprint density at radius 3 is 2.72 bits per heavy atom. The van der Waals surface area contributed by atoms with Crippen molar-refractivity contribution in [2.45, 2.75) is 12.0 Å². The molecule has 0 bridgehead atoms. The van der Waals surface area contributed by atoms with Crippen LogP contribution in [-0.4, -0.2) is 17.9 Å². The van der Waals surface area contributed by atoms with Crippen LogP contribution in [0.4, 0.5) is 9.18 Å². The number of imide groups is 1. The Kier molecular flexibility index (Phi) is 1.95. The molecule has 18 heavy (non-hydrogen) atoms. The number of nitrogens with one attached hydrogen (secondary N) is 2. The average Bonchev–Trinajstić information content (AvgIpc) is 2.55. The lowest BCUT2D eigenvalue weighted by Gasteiger charge is -2.31. The quantitative estimate of drug-likeness (QED) is 0.390. The summed E-state index contributed by atoms with van der Waals surface area (Å²) in [6.07, 6.45) is -0.360. The molecule has 2 aliphatic heterocycles. The lowest BCUT2D eigenvalue weighted by atomic mass is 9.84. The molecular formula is C11H7FN2O4. The SMILES string of the molecule is O=C1NC(=O)C2(CC(=O)Oc3ccc(F)cc32)N1. The van der Waals surface area contributed by atoms with Crippen LogP contribution in [0, 0.1) is 5.82 Å². The highest BCUT2D eigenvalue weighted by atomic mass is 19.1. The van der Waals surface area contributed by atoms with Crippen molar-refractivity contribution in [2.24, 2.45) is 0 Å². The van der Waals surface area contributed by atoms with Gasteiger partial charge in [0.15, 0.2) is 5.54 Å². The highest BCUT2D eigenvalue weighted by molar-refractivity contribution is 6.10. The maximum Gasteiger partial charge on any atom is 0.322 e. The summed E-state index contributed by atoms with van der Waals surface area (Å²) < 4.78 is 18.2. The van der Waals surface area contributed by atoms with Crippen molar-refractivity contribution < 1.29 is 23.5 Å². The number of urea groups is 1. The fraction of sp³-hybridized carbons (Fsp3) is 0.182. The molecule has 2 aliphatic rings. The second kappa shape index (κ2) is 3.28. The van der Waals surface area contributed by atoms with Crippen LogP contribution >= 0.6 is 0 Å². The van der Waals surface area contributed by atoms with Crippen LogP contribution in [0.1, 0.15) is 12.0 Å². The number of hydrogen-bond acceptors (Lipinski definition) is 4. The maximum atomic E-state index is 13.3. The van der Waals surface area contributed by atoms with Gasteiger partial charge < -0.3 is 10.1 Å². The summed E-state index contributed by atoms with van der Waals surface area (Å²) in [4.78, 5) is 34.6. The van der Waals surface area contributed by atoms with E-state index in [1.807, 2.05) is 5.32 Å². The van der Waals surface area contributed by atoms with Crippen molar-refractivity contribution in [3.63, 3.8) is 0 Å². The lowest BCUT2D eigenvalue weighted by Crippen LogP contribution is -2.49. The molecule has 1 aromatic rings. The van der Waals surface area contributed by atoms with E-state index in [1.165, 1.54) is 6.07 Å². The van der Waals surface area contributed by atoms with E-state index in [4.69, 9.17) is 4.74 Å². The Morgan fingerprint density at radius 1 is 1.28 bits per heavy atom. The first-order valence-electron chi connectivity index (χ1n) is 5.15. The van der Waals surface area contributed by atoms with E-state index in [1.54, 1.807) is 0 Å². The minimum Gasteiger partial charge on any atom is -0.426 e. The zero-order chi connectivity index (χ0) is 12.9. The molecule has 1 spiro atoms. The third-order valence-corrected chi connectivity index (χ3v) is 2.98. The van der Waals surface area contributed by atoms with Crippen LogP contribution in [0.3, 0.4) is 0 Å². The molecule has 1 atom stereocenters. The molecule has 7 heteroatoms. The number of halogens is 1. The summed E-state index contributed by atoms with van der Waals surface area (Å²) in [5.74, 6) is -1.85. The van der Waals surface area contributed by atoms with Crippen LogP contribution in [0.15, 0.2) is 18.2 Å². The molecule has 2 N–H and O–H groups in total. The third kappa shape index (κ3) is 1.30. The van der Waals surface area contributed by atoms with Crippen LogP contribution in [-0.2, 0) is 15.1 Å². The summed E-state index contributed by atoms with van der Waals surface area (Å²) >= 11 is 0. The molecule has 1 aromatic carbocycles. The first-order chi connectivity index (χ1) is 8.51. The normalized spacial score (nSPS) is 25.5. The highest BCUT2D eigenvalue weighted by Crippen LogP contribution is 2.39. The summed E-state index contributed by atoms with van der Waals surface area (Å²) in [7, 11) is 0. The molecule has 1 unspecified atom stereocenters. The van der Waals surface area contributed by atoms with Gasteiger partial charge in [0, 0.05) is 5.56 Å². The van der Waals surface area contributed by atoms with Gasteiger partial charge in [0.25, 0.3) is 5.91 Å². The number of esters is 1. The fourth-order valence-electron chi connectivity index (χ4n) is 2.20. The molecule has 0 aliphatic carbocycles. The average molecular weight is 250 g/mol.